The first kappa shape index (κ1) is 14.5. The lowest BCUT2D eigenvalue weighted by molar-refractivity contribution is 0.0593. The van der Waals surface area contributed by atoms with Crippen LogP contribution in [0.3, 0.4) is 0 Å². The monoisotopic (exact) mass is 316 g/mol. The van der Waals surface area contributed by atoms with E-state index in [1.807, 2.05) is 24.4 Å². The molecule has 2 aromatic rings. The Morgan fingerprint density at radius 1 is 1.43 bits per heavy atom. The summed E-state index contributed by atoms with van der Waals surface area (Å²) in [5, 5.41) is 0. The Bertz CT molecular complexity index is 769. The summed E-state index contributed by atoms with van der Waals surface area (Å²) < 4.78 is 18.2. The molecule has 3 fully saturated rings. The van der Waals surface area contributed by atoms with Gasteiger partial charge in [-0.1, -0.05) is 0 Å². The van der Waals surface area contributed by atoms with Crippen LogP contribution in [0.4, 0.5) is 0 Å². The molecule has 0 atom stereocenters. The highest BCUT2D eigenvalue weighted by Crippen LogP contribution is 2.51. The van der Waals surface area contributed by atoms with Crippen molar-refractivity contribution in [3.63, 3.8) is 0 Å². The molecule has 6 nitrogen and oxygen atoms in total. The van der Waals surface area contributed by atoms with E-state index in [1.165, 1.54) is 7.11 Å². The molecule has 2 aliphatic heterocycles. The molecule has 3 aliphatic rings. The van der Waals surface area contributed by atoms with Crippen molar-refractivity contribution in [2.45, 2.75) is 44.3 Å². The Morgan fingerprint density at radius 3 is 2.83 bits per heavy atom. The molecule has 0 radical (unpaired) electrons. The maximum atomic E-state index is 12.0. The molecule has 2 bridgehead atoms. The van der Waals surface area contributed by atoms with Crippen molar-refractivity contribution >= 4 is 11.6 Å². The summed E-state index contributed by atoms with van der Waals surface area (Å²) in [6.45, 7) is 4.58. The van der Waals surface area contributed by atoms with Crippen LogP contribution in [-0.2, 0) is 14.9 Å². The number of carbonyl (C=O) groups is 1. The summed E-state index contributed by atoms with van der Waals surface area (Å²) in [5.41, 5.74) is 2.27. The number of pyridine rings is 1. The molecule has 2 aromatic heterocycles. The summed E-state index contributed by atoms with van der Waals surface area (Å²) >= 11 is 0. The number of carbonyl (C=O) groups excluding carboxylic acids is 1. The van der Waals surface area contributed by atoms with Gasteiger partial charge in [0.15, 0.2) is 0 Å². The van der Waals surface area contributed by atoms with E-state index in [0.717, 1.165) is 30.8 Å². The van der Waals surface area contributed by atoms with Gasteiger partial charge in [0.05, 0.1) is 31.6 Å². The largest absolute Gasteiger partial charge is 0.490 e. The van der Waals surface area contributed by atoms with Crippen molar-refractivity contribution in [1.82, 2.24) is 9.38 Å². The number of nitrogens with zero attached hydrogens (tertiary/aromatic N) is 2. The maximum absolute atomic E-state index is 12.0. The quantitative estimate of drug-likeness (QED) is 0.810. The van der Waals surface area contributed by atoms with E-state index in [4.69, 9.17) is 19.2 Å². The fourth-order valence-corrected chi connectivity index (χ4v) is 3.49. The predicted octanol–water partition coefficient (Wildman–Crippen LogP) is 2.34. The average Bonchev–Trinajstić information content (AvgIpc) is 3.17. The highest BCUT2D eigenvalue weighted by molar-refractivity contribution is 5.92. The molecular formula is C17H20N2O4. The van der Waals surface area contributed by atoms with Crippen molar-refractivity contribution in [1.29, 1.82) is 0 Å². The first-order valence-corrected chi connectivity index (χ1v) is 7.90. The van der Waals surface area contributed by atoms with Crippen LogP contribution < -0.4 is 4.74 Å². The molecule has 1 saturated carbocycles. The van der Waals surface area contributed by atoms with Crippen LogP contribution >= 0.6 is 0 Å². The number of fused-ring (bicyclic) bond motifs is 2. The van der Waals surface area contributed by atoms with E-state index in [0.29, 0.717) is 17.4 Å². The molecule has 0 amide bonds. The first-order chi connectivity index (χ1) is 11.0. The first-order valence-electron chi connectivity index (χ1n) is 7.90. The SMILES string of the molecule is COC(=O)c1cn2cc(C34COC(C3)C4)nc2cc1OC(C)C. The van der Waals surface area contributed by atoms with Crippen LogP contribution in [0, 0.1) is 0 Å². The summed E-state index contributed by atoms with van der Waals surface area (Å²) in [7, 11) is 1.37. The number of rotatable bonds is 4. The van der Waals surface area contributed by atoms with Gasteiger partial charge in [0.25, 0.3) is 0 Å². The van der Waals surface area contributed by atoms with Crippen molar-refractivity contribution < 1.29 is 19.0 Å². The Morgan fingerprint density at radius 2 is 2.22 bits per heavy atom. The Hall–Kier alpha value is -2.08. The topological polar surface area (TPSA) is 62.1 Å². The van der Waals surface area contributed by atoms with Gasteiger partial charge >= 0.3 is 5.97 Å². The van der Waals surface area contributed by atoms with E-state index in [2.05, 4.69) is 0 Å². The van der Waals surface area contributed by atoms with Gasteiger partial charge < -0.3 is 18.6 Å². The van der Waals surface area contributed by atoms with Gasteiger partial charge in [0, 0.05) is 23.9 Å². The number of methoxy groups -OCH3 is 1. The van der Waals surface area contributed by atoms with Gasteiger partial charge in [-0.05, 0) is 26.7 Å². The summed E-state index contributed by atoms with van der Waals surface area (Å²) in [6, 6.07) is 1.80. The van der Waals surface area contributed by atoms with Crippen LogP contribution in [0.25, 0.3) is 5.65 Å². The van der Waals surface area contributed by atoms with Crippen LogP contribution in [0.2, 0.25) is 0 Å². The van der Waals surface area contributed by atoms with Gasteiger partial charge in [0.2, 0.25) is 0 Å². The standard InChI is InChI=1S/C17H20N2O4/c1-10(2)23-13-4-15-18-14(17-5-11(6-17)22-9-17)8-19(15)7-12(13)16(20)21-3/h4,7-8,10-11H,5-6,9H2,1-3H3. The third-order valence-electron chi connectivity index (χ3n) is 4.70. The minimum Gasteiger partial charge on any atom is -0.490 e. The Labute approximate surface area is 134 Å². The van der Waals surface area contributed by atoms with E-state index < -0.39 is 5.97 Å². The highest BCUT2D eigenvalue weighted by atomic mass is 16.5. The van der Waals surface area contributed by atoms with Crippen molar-refractivity contribution in [2.24, 2.45) is 0 Å². The third-order valence-corrected chi connectivity index (χ3v) is 4.70. The highest BCUT2D eigenvalue weighted by Gasteiger charge is 2.54. The second kappa shape index (κ2) is 4.96. The number of aromatic nitrogens is 2. The fraction of sp³-hybridized carbons (Fsp3) is 0.529. The van der Waals surface area contributed by atoms with E-state index in [1.54, 1.807) is 12.3 Å². The van der Waals surface area contributed by atoms with Crippen molar-refractivity contribution in [3.8, 4) is 5.75 Å². The molecule has 23 heavy (non-hydrogen) atoms. The number of ether oxygens (including phenoxy) is 3. The van der Waals surface area contributed by atoms with Crippen LogP contribution in [-0.4, -0.2) is 41.3 Å². The second-order valence-electron chi connectivity index (χ2n) is 6.72. The summed E-state index contributed by atoms with van der Waals surface area (Å²) in [5.74, 6) is 0.0898. The van der Waals surface area contributed by atoms with Gasteiger partial charge in [0.1, 0.15) is 17.0 Å². The molecule has 0 N–H and O–H groups in total. The lowest BCUT2D eigenvalue weighted by Gasteiger charge is -2.33. The van der Waals surface area contributed by atoms with E-state index in [-0.39, 0.29) is 11.5 Å². The minimum absolute atomic E-state index is 0.0375. The average molecular weight is 316 g/mol. The summed E-state index contributed by atoms with van der Waals surface area (Å²) in [4.78, 5) is 16.8. The van der Waals surface area contributed by atoms with Gasteiger partial charge in [-0.25, -0.2) is 9.78 Å². The Kier molecular flexibility index (Phi) is 3.13. The van der Waals surface area contributed by atoms with Crippen LogP contribution in [0.1, 0.15) is 42.7 Å². The molecule has 0 spiro atoms. The number of hydrogen-bond donors (Lipinski definition) is 0. The molecule has 0 aromatic carbocycles. The second-order valence-corrected chi connectivity index (χ2v) is 6.72. The smallest absolute Gasteiger partial charge is 0.343 e. The molecule has 4 heterocycles. The molecule has 6 heteroatoms. The zero-order valence-electron chi connectivity index (χ0n) is 13.5. The van der Waals surface area contributed by atoms with Crippen LogP contribution in [0.5, 0.6) is 5.75 Å². The van der Waals surface area contributed by atoms with Crippen LogP contribution in [0.15, 0.2) is 18.5 Å². The normalized spacial score (nSPS) is 25.7. The zero-order valence-corrected chi connectivity index (χ0v) is 13.5. The van der Waals surface area contributed by atoms with Crippen molar-refractivity contribution in [2.75, 3.05) is 13.7 Å². The van der Waals surface area contributed by atoms with Gasteiger partial charge in [-0.3, -0.25) is 0 Å². The molecule has 2 saturated heterocycles. The molecule has 0 unspecified atom stereocenters. The van der Waals surface area contributed by atoms with Gasteiger partial charge in [-0.2, -0.15) is 0 Å². The molecule has 1 aliphatic carbocycles. The third kappa shape index (κ3) is 2.20. The van der Waals surface area contributed by atoms with Crippen molar-refractivity contribution in [3.05, 3.63) is 29.7 Å². The molecular weight excluding hydrogens is 296 g/mol. The summed E-state index contributed by atoms with van der Waals surface area (Å²) in [6.07, 6.45) is 6.16. The number of hydrogen-bond acceptors (Lipinski definition) is 5. The number of esters is 1. The predicted molar refractivity (Wildman–Crippen MR) is 82.9 cm³/mol. The zero-order chi connectivity index (χ0) is 16.2. The lowest BCUT2D eigenvalue weighted by Crippen LogP contribution is -2.37. The maximum Gasteiger partial charge on any atom is 0.343 e. The Balaban J connectivity index is 1.79. The number of imidazole rings is 1. The van der Waals surface area contributed by atoms with E-state index >= 15 is 0 Å². The molecule has 5 rings (SSSR count). The molecule has 122 valence electrons. The fourth-order valence-electron chi connectivity index (χ4n) is 3.49. The lowest BCUT2D eigenvalue weighted by atomic mass is 9.68. The van der Waals surface area contributed by atoms with E-state index in [9.17, 15) is 4.79 Å². The van der Waals surface area contributed by atoms with Gasteiger partial charge in [-0.15, -0.1) is 0 Å². The minimum atomic E-state index is -0.413.